The third kappa shape index (κ3) is 6.31. The van der Waals surface area contributed by atoms with Gasteiger partial charge in [0.15, 0.2) is 5.82 Å². The molecule has 6 rings (SSSR count). The van der Waals surface area contributed by atoms with Crippen molar-refractivity contribution >= 4 is 17.6 Å². The van der Waals surface area contributed by atoms with E-state index in [2.05, 4.69) is 42.3 Å². The second-order valence-electron chi connectivity index (χ2n) is 11.5. The zero-order valence-electron chi connectivity index (χ0n) is 26.0. The number of aromatic nitrogens is 3. The van der Waals surface area contributed by atoms with E-state index in [4.69, 9.17) is 9.97 Å². The van der Waals surface area contributed by atoms with Gasteiger partial charge in [0, 0.05) is 67.4 Å². The van der Waals surface area contributed by atoms with Gasteiger partial charge in [-0.3, -0.25) is 9.78 Å². The first-order valence-electron chi connectivity index (χ1n) is 15.2. The van der Waals surface area contributed by atoms with Crippen LogP contribution in [0.4, 0.5) is 10.5 Å². The molecule has 5 aromatic rings. The molecule has 1 aliphatic heterocycles. The van der Waals surface area contributed by atoms with E-state index in [1.54, 1.807) is 31.4 Å². The summed E-state index contributed by atoms with van der Waals surface area (Å²) in [6.45, 7) is 5.11. The normalized spacial score (nSPS) is 12.4. The summed E-state index contributed by atoms with van der Waals surface area (Å²) in [5, 5.41) is 3.16. The van der Waals surface area contributed by atoms with Crippen molar-refractivity contribution < 1.29 is 9.59 Å². The van der Waals surface area contributed by atoms with Gasteiger partial charge < -0.3 is 15.1 Å². The van der Waals surface area contributed by atoms with Gasteiger partial charge in [0.25, 0.3) is 5.91 Å². The third-order valence-corrected chi connectivity index (χ3v) is 8.19. The molecule has 226 valence electrons. The van der Waals surface area contributed by atoms with Crippen LogP contribution >= 0.6 is 0 Å². The van der Waals surface area contributed by atoms with Crippen molar-refractivity contribution in [3.63, 3.8) is 0 Å². The Bertz CT molecular complexity index is 1870. The van der Waals surface area contributed by atoms with Crippen molar-refractivity contribution in [3.8, 4) is 33.8 Å². The van der Waals surface area contributed by atoms with Gasteiger partial charge in [-0.25, -0.2) is 14.8 Å². The van der Waals surface area contributed by atoms with Crippen LogP contribution in [-0.2, 0) is 19.4 Å². The maximum Gasteiger partial charge on any atom is 0.322 e. The summed E-state index contributed by atoms with van der Waals surface area (Å²) in [6, 6.07) is 25.6. The minimum atomic E-state index is -0.168. The predicted octanol–water partition coefficient (Wildman–Crippen LogP) is 7.04. The fraction of sp³-hybridized carbons (Fsp3) is 0.216. The zero-order valence-corrected chi connectivity index (χ0v) is 26.0. The summed E-state index contributed by atoms with van der Waals surface area (Å²) in [6.07, 6.45) is 4.96. The monoisotopic (exact) mass is 596 g/mol. The number of benzene rings is 3. The second-order valence-corrected chi connectivity index (χ2v) is 11.5. The molecule has 0 saturated heterocycles. The minimum Gasteiger partial charge on any atom is -0.345 e. The Kier molecular flexibility index (Phi) is 8.38. The molecule has 0 unspecified atom stereocenters. The van der Waals surface area contributed by atoms with Crippen molar-refractivity contribution in [2.45, 2.75) is 33.2 Å². The van der Waals surface area contributed by atoms with E-state index < -0.39 is 0 Å². The number of fused-ring (bicyclic) bond motifs is 1. The topological polar surface area (TPSA) is 91.3 Å². The van der Waals surface area contributed by atoms with Gasteiger partial charge in [0.1, 0.15) is 0 Å². The minimum absolute atomic E-state index is 0.0378. The SMILES string of the molecule is CCc1cc(NC(=O)N2CCc3nc(-c4cccnc4)nc(-c4ccccc4C)c3C2)cc(-c2ccc(C(=O)N(C)C)cc2)c1. The lowest BCUT2D eigenvalue weighted by Crippen LogP contribution is -2.39. The van der Waals surface area contributed by atoms with Crippen molar-refractivity contribution in [2.75, 3.05) is 26.0 Å². The summed E-state index contributed by atoms with van der Waals surface area (Å²) in [5.74, 6) is 0.602. The molecule has 45 heavy (non-hydrogen) atoms. The number of nitrogens with one attached hydrogen (secondary N) is 1. The van der Waals surface area contributed by atoms with Crippen molar-refractivity contribution in [1.29, 1.82) is 0 Å². The lowest BCUT2D eigenvalue weighted by Gasteiger charge is -2.30. The molecule has 3 heterocycles. The number of hydrogen-bond acceptors (Lipinski definition) is 5. The number of urea groups is 1. The quantitative estimate of drug-likeness (QED) is 0.227. The molecule has 0 fully saturated rings. The van der Waals surface area contributed by atoms with Crippen molar-refractivity contribution in [2.24, 2.45) is 0 Å². The lowest BCUT2D eigenvalue weighted by atomic mass is 9.96. The lowest BCUT2D eigenvalue weighted by molar-refractivity contribution is 0.0827. The van der Waals surface area contributed by atoms with Gasteiger partial charge in [-0.2, -0.15) is 0 Å². The Morgan fingerprint density at radius 2 is 1.71 bits per heavy atom. The van der Waals surface area contributed by atoms with Crippen LogP contribution in [0.3, 0.4) is 0 Å². The van der Waals surface area contributed by atoms with E-state index in [1.807, 2.05) is 65.6 Å². The first-order valence-corrected chi connectivity index (χ1v) is 15.2. The first-order chi connectivity index (χ1) is 21.8. The average Bonchev–Trinajstić information content (AvgIpc) is 3.07. The van der Waals surface area contributed by atoms with E-state index in [-0.39, 0.29) is 11.9 Å². The standard InChI is InChI=1S/C37H36N6O2/c1-5-25-19-29(26-12-14-27(15-13-26)36(44)42(3)4)21-30(20-25)39-37(45)43-18-16-33-32(23-43)34(31-11-7-6-9-24(31)2)41-35(40-33)28-10-8-17-38-22-28/h6-15,17,19-22H,5,16,18,23H2,1-4H3,(H,39,45). The van der Waals surface area contributed by atoms with Crippen molar-refractivity contribution in [3.05, 3.63) is 119 Å². The molecule has 0 atom stereocenters. The summed E-state index contributed by atoms with van der Waals surface area (Å²) in [4.78, 5) is 43.7. The molecule has 0 saturated carbocycles. The molecule has 1 aliphatic rings. The third-order valence-electron chi connectivity index (χ3n) is 8.19. The molecular formula is C37H36N6O2. The van der Waals surface area contributed by atoms with Crippen LogP contribution in [0.25, 0.3) is 33.8 Å². The molecule has 3 aromatic carbocycles. The number of carbonyl (C=O) groups excluding carboxylic acids is 2. The largest absolute Gasteiger partial charge is 0.345 e. The van der Waals surface area contributed by atoms with Gasteiger partial charge in [-0.15, -0.1) is 0 Å². The van der Waals surface area contributed by atoms with Crippen LogP contribution in [0.1, 0.15) is 39.7 Å². The molecular weight excluding hydrogens is 560 g/mol. The summed E-state index contributed by atoms with van der Waals surface area (Å²) in [7, 11) is 3.49. The maximum absolute atomic E-state index is 13.7. The first kappa shape index (κ1) is 29.7. The van der Waals surface area contributed by atoms with E-state index in [9.17, 15) is 9.59 Å². The molecule has 1 N–H and O–H groups in total. The smallest absolute Gasteiger partial charge is 0.322 e. The molecule has 3 amide bonds. The van der Waals surface area contributed by atoms with Crippen LogP contribution < -0.4 is 5.32 Å². The van der Waals surface area contributed by atoms with Crippen LogP contribution in [0.15, 0.2) is 91.3 Å². The Labute approximate surface area is 263 Å². The molecule has 8 heteroatoms. The van der Waals surface area contributed by atoms with Crippen LogP contribution in [0, 0.1) is 6.92 Å². The molecule has 0 aliphatic carbocycles. The highest BCUT2D eigenvalue weighted by Crippen LogP contribution is 2.33. The Morgan fingerprint density at radius 3 is 2.42 bits per heavy atom. The number of hydrogen-bond donors (Lipinski definition) is 1. The number of rotatable bonds is 6. The van der Waals surface area contributed by atoms with Gasteiger partial charge in [-0.05, 0) is 72.0 Å². The number of anilines is 1. The summed E-state index contributed by atoms with van der Waals surface area (Å²) < 4.78 is 0. The average molecular weight is 597 g/mol. The summed E-state index contributed by atoms with van der Waals surface area (Å²) >= 11 is 0. The molecule has 2 aromatic heterocycles. The molecule has 8 nitrogen and oxygen atoms in total. The Balaban J connectivity index is 1.28. The number of nitrogens with zero attached hydrogens (tertiary/aromatic N) is 5. The van der Waals surface area contributed by atoms with Gasteiger partial charge >= 0.3 is 6.03 Å². The molecule has 0 bridgehead atoms. The summed E-state index contributed by atoms with van der Waals surface area (Å²) in [5.41, 5.74) is 10.2. The Morgan fingerprint density at radius 1 is 0.911 bits per heavy atom. The highest BCUT2D eigenvalue weighted by atomic mass is 16.2. The van der Waals surface area contributed by atoms with Crippen molar-refractivity contribution in [1.82, 2.24) is 24.8 Å². The van der Waals surface area contributed by atoms with E-state index >= 15 is 0 Å². The fourth-order valence-corrected chi connectivity index (χ4v) is 5.67. The maximum atomic E-state index is 13.7. The molecule has 0 radical (unpaired) electrons. The second kappa shape index (κ2) is 12.7. The zero-order chi connectivity index (χ0) is 31.5. The number of aryl methyl sites for hydroxylation is 2. The molecule has 0 spiro atoms. The Hall–Kier alpha value is -5.37. The number of carbonyl (C=O) groups is 2. The van der Waals surface area contributed by atoms with E-state index in [1.165, 1.54) is 0 Å². The number of amides is 3. The van der Waals surface area contributed by atoms with Crippen LogP contribution in [0.5, 0.6) is 0 Å². The van der Waals surface area contributed by atoms with Crippen LogP contribution in [-0.4, -0.2) is 57.3 Å². The van der Waals surface area contributed by atoms with Gasteiger partial charge in [0.05, 0.1) is 17.9 Å². The number of pyridine rings is 1. The van der Waals surface area contributed by atoms with E-state index in [0.717, 1.165) is 62.4 Å². The van der Waals surface area contributed by atoms with E-state index in [0.29, 0.717) is 30.9 Å². The highest BCUT2D eigenvalue weighted by molar-refractivity contribution is 5.94. The van der Waals surface area contributed by atoms with Gasteiger partial charge in [0.2, 0.25) is 0 Å². The fourth-order valence-electron chi connectivity index (χ4n) is 5.67. The van der Waals surface area contributed by atoms with Gasteiger partial charge in [-0.1, -0.05) is 49.4 Å². The highest BCUT2D eigenvalue weighted by Gasteiger charge is 2.27. The predicted molar refractivity (Wildman–Crippen MR) is 178 cm³/mol. The van der Waals surface area contributed by atoms with Crippen LogP contribution in [0.2, 0.25) is 0 Å².